The molecule has 0 bridgehead atoms. The molecule has 1 aromatic carbocycles. The zero-order valence-corrected chi connectivity index (χ0v) is 9.24. The highest BCUT2D eigenvalue weighted by Gasteiger charge is 2.36. The topological polar surface area (TPSA) is 55.2 Å². The Bertz CT molecular complexity index is 442. The molecule has 2 atom stereocenters. The third-order valence-electron chi connectivity index (χ3n) is 3.01. The van der Waals surface area contributed by atoms with E-state index >= 15 is 0 Å². The lowest BCUT2D eigenvalue weighted by Crippen LogP contribution is -2.08. The van der Waals surface area contributed by atoms with Gasteiger partial charge in [0.05, 0.1) is 17.1 Å². The lowest BCUT2D eigenvalue weighted by atomic mass is 10.2. The Kier molecular flexibility index (Phi) is 2.95. The van der Waals surface area contributed by atoms with E-state index in [1.54, 1.807) is 0 Å². The van der Waals surface area contributed by atoms with Crippen LogP contribution in [0, 0.1) is 27.7 Å². The maximum atomic E-state index is 13.5. The van der Waals surface area contributed by atoms with E-state index in [-0.39, 0.29) is 11.7 Å². The number of nitro benzene ring substituents is 1. The van der Waals surface area contributed by atoms with Crippen LogP contribution in [0.25, 0.3) is 0 Å². The fraction of sp³-hybridized carbons (Fsp3) is 0.455. The van der Waals surface area contributed by atoms with Gasteiger partial charge >= 0.3 is 0 Å². The highest BCUT2D eigenvalue weighted by atomic mass is 19.1. The number of hydrogen-bond donors (Lipinski definition) is 1. The number of nitrogens with one attached hydrogen (secondary N) is 1. The molecule has 4 nitrogen and oxygen atoms in total. The van der Waals surface area contributed by atoms with Crippen LogP contribution in [0.4, 0.5) is 20.2 Å². The first-order chi connectivity index (χ1) is 8.02. The highest BCUT2D eigenvalue weighted by molar-refractivity contribution is 5.53. The van der Waals surface area contributed by atoms with Crippen LogP contribution in [0.5, 0.6) is 0 Å². The first-order valence-electron chi connectivity index (χ1n) is 5.43. The second kappa shape index (κ2) is 4.27. The van der Waals surface area contributed by atoms with Gasteiger partial charge < -0.3 is 5.32 Å². The quantitative estimate of drug-likeness (QED) is 0.652. The molecule has 1 aromatic rings. The average molecular weight is 242 g/mol. The molecule has 1 aliphatic rings. The maximum Gasteiger partial charge on any atom is 0.275 e. The van der Waals surface area contributed by atoms with Crippen LogP contribution in [0.1, 0.15) is 19.8 Å². The van der Waals surface area contributed by atoms with Crippen LogP contribution in [0.15, 0.2) is 12.1 Å². The smallest absolute Gasteiger partial charge is 0.275 e. The van der Waals surface area contributed by atoms with Crippen LogP contribution in [-0.2, 0) is 0 Å². The summed E-state index contributed by atoms with van der Waals surface area (Å²) in [5.74, 6) is -1.40. The molecule has 2 rings (SSSR count). The lowest BCUT2D eigenvalue weighted by Gasteiger charge is -2.08. The molecule has 0 aromatic heterocycles. The number of nitrogens with zero attached hydrogens (tertiary/aromatic N) is 1. The lowest BCUT2D eigenvalue weighted by molar-refractivity contribution is -0.385. The van der Waals surface area contributed by atoms with Crippen molar-refractivity contribution in [3.63, 3.8) is 0 Å². The molecule has 0 spiro atoms. The van der Waals surface area contributed by atoms with Gasteiger partial charge in [0.2, 0.25) is 0 Å². The van der Waals surface area contributed by atoms with E-state index in [0.29, 0.717) is 5.92 Å². The summed E-state index contributed by atoms with van der Waals surface area (Å²) < 4.78 is 27.0. The Morgan fingerprint density at radius 3 is 2.47 bits per heavy atom. The number of benzene rings is 1. The number of hydrogen-bond acceptors (Lipinski definition) is 3. The second-order valence-electron chi connectivity index (χ2n) is 4.20. The Hall–Kier alpha value is -1.72. The van der Waals surface area contributed by atoms with Crippen molar-refractivity contribution in [1.82, 2.24) is 0 Å². The largest absolute Gasteiger partial charge is 0.377 e. The summed E-state index contributed by atoms with van der Waals surface area (Å²) in [4.78, 5) is 9.58. The predicted octanol–water partition coefficient (Wildman–Crippen LogP) is 3.08. The van der Waals surface area contributed by atoms with E-state index in [1.165, 1.54) is 0 Å². The van der Waals surface area contributed by atoms with E-state index in [2.05, 4.69) is 5.32 Å². The summed E-state index contributed by atoms with van der Waals surface area (Å²) in [6.45, 7) is 2.01. The number of anilines is 1. The molecule has 0 heterocycles. The SMILES string of the molecule is CCC1CC1Nc1c(F)cc([N+](=O)[O-])cc1F. The van der Waals surface area contributed by atoms with Crippen molar-refractivity contribution < 1.29 is 13.7 Å². The molecule has 17 heavy (non-hydrogen) atoms. The normalized spacial score (nSPS) is 22.3. The summed E-state index contributed by atoms with van der Waals surface area (Å²) in [5, 5.41) is 13.1. The van der Waals surface area contributed by atoms with Gasteiger partial charge in [-0.1, -0.05) is 13.3 Å². The number of nitro groups is 1. The standard InChI is InChI=1S/C11H12F2N2O2/c1-2-6-3-10(6)14-11-8(12)4-7(15(16)17)5-9(11)13/h4-6,10,14H,2-3H2,1H3. The Morgan fingerprint density at radius 1 is 1.47 bits per heavy atom. The molecule has 0 amide bonds. The van der Waals surface area contributed by atoms with Crippen LogP contribution >= 0.6 is 0 Å². The minimum Gasteiger partial charge on any atom is -0.377 e. The van der Waals surface area contributed by atoms with E-state index < -0.39 is 22.2 Å². The van der Waals surface area contributed by atoms with Crippen molar-refractivity contribution in [2.45, 2.75) is 25.8 Å². The molecule has 6 heteroatoms. The van der Waals surface area contributed by atoms with Gasteiger partial charge in [0.1, 0.15) is 5.69 Å². The zero-order chi connectivity index (χ0) is 12.6. The Morgan fingerprint density at radius 2 is 2.06 bits per heavy atom. The predicted molar refractivity (Wildman–Crippen MR) is 58.8 cm³/mol. The molecule has 0 saturated heterocycles. The Labute approximate surface area is 96.8 Å². The number of halogens is 2. The molecule has 2 unspecified atom stereocenters. The van der Waals surface area contributed by atoms with Gasteiger partial charge in [-0.25, -0.2) is 8.78 Å². The van der Waals surface area contributed by atoms with Crippen molar-refractivity contribution in [3.05, 3.63) is 33.9 Å². The van der Waals surface area contributed by atoms with Crippen LogP contribution in [-0.4, -0.2) is 11.0 Å². The summed E-state index contributed by atoms with van der Waals surface area (Å²) in [6, 6.07) is 1.54. The summed E-state index contributed by atoms with van der Waals surface area (Å²) in [5.41, 5.74) is -0.843. The first kappa shape index (κ1) is 11.8. The number of rotatable bonds is 4. The van der Waals surface area contributed by atoms with Crippen molar-refractivity contribution in [2.75, 3.05) is 5.32 Å². The third kappa shape index (κ3) is 2.35. The van der Waals surface area contributed by atoms with Gasteiger partial charge in [-0.05, 0) is 12.3 Å². The van der Waals surface area contributed by atoms with Crippen molar-refractivity contribution in [3.8, 4) is 0 Å². The van der Waals surface area contributed by atoms with Crippen LogP contribution in [0.3, 0.4) is 0 Å². The fourth-order valence-corrected chi connectivity index (χ4v) is 1.86. The molecule has 1 N–H and O–H groups in total. The molecule has 92 valence electrons. The minimum atomic E-state index is -0.918. The summed E-state index contributed by atoms with van der Waals surface area (Å²) in [6.07, 6.45) is 1.83. The monoisotopic (exact) mass is 242 g/mol. The summed E-state index contributed by atoms with van der Waals surface area (Å²) in [7, 11) is 0. The molecule has 1 aliphatic carbocycles. The maximum absolute atomic E-state index is 13.5. The third-order valence-corrected chi connectivity index (χ3v) is 3.01. The van der Waals surface area contributed by atoms with Crippen LogP contribution < -0.4 is 5.32 Å². The van der Waals surface area contributed by atoms with E-state index in [4.69, 9.17) is 0 Å². The summed E-state index contributed by atoms with van der Waals surface area (Å²) >= 11 is 0. The number of non-ortho nitro benzene ring substituents is 1. The first-order valence-corrected chi connectivity index (χ1v) is 5.43. The minimum absolute atomic E-state index is 0.0745. The molecule has 1 fully saturated rings. The van der Waals surface area contributed by atoms with Gasteiger partial charge in [0.15, 0.2) is 11.6 Å². The van der Waals surface area contributed by atoms with Crippen molar-refractivity contribution in [1.29, 1.82) is 0 Å². The van der Waals surface area contributed by atoms with Crippen molar-refractivity contribution >= 4 is 11.4 Å². The average Bonchev–Trinajstić information content (AvgIpc) is 3.01. The second-order valence-corrected chi connectivity index (χ2v) is 4.20. The van der Waals surface area contributed by atoms with Crippen molar-refractivity contribution in [2.24, 2.45) is 5.92 Å². The zero-order valence-electron chi connectivity index (χ0n) is 9.24. The van der Waals surface area contributed by atoms with Gasteiger partial charge in [0.25, 0.3) is 5.69 Å². The molecule has 0 aliphatic heterocycles. The van der Waals surface area contributed by atoms with Gasteiger partial charge in [0, 0.05) is 6.04 Å². The fourth-order valence-electron chi connectivity index (χ4n) is 1.86. The molecular weight excluding hydrogens is 230 g/mol. The van der Waals surface area contributed by atoms with Gasteiger partial charge in [-0.2, -0.15) is 0 Å². The van der Waals surface area contributed by atoms with E-state index in [9.17, 15) is 18.9 Å². The van der Waals surface area contributed by atoms with Gasteiger partial charge in [-0.15, -0.1) is 0 Å². The highest BCUT2D eigenvalue weighted by Crippen LogP contribution is 2.37. The Balaban J connectivity index is 2.20. The van der Waals surface area contributed by atoms with Crippen LogP contribution in [0.2, 0.25) is 0 Å². The van der Waals surface area contributed by atoms with E-state index in [0.717, 1.165) is 25.0 Å². The van der Waals surface area contributed by atoms with Gasteiger partial charge in [-0.3, -0.25) is 10.1 Å². The molecule has 1 saturated carbocycles. The van der Waals surface area contributed by atoms with E-state index in [1.807, 2.05) is 6.92 Å². The molecule has 0 radical (unpaired) electrons. The molecular formula is C11H12F2N2O2.